The van der Waals surface area contributed by atoms with E-state index < -0.39 is 18.6 Å². The van der Waals surface area contributed by atoms with Gasteiger partial charge in [0, 0.05) is 17.1 Å². The van der Waals surface area contributed by atoms with Gasteiger partial charge >= 0.3 is 6.18 Å². The molecule has 0 bridgehead atoms. The van der Waals surface area contributed by atoms with E-state index >= 15 is 0 Å². The maximum Gasteiger partial charge on any atom is 0.390 e. The van der Waals surface area contributed by atoms with E-state index in [1.165, 1.54) is 0 Å². The van der Waals surface area contributed by atoms with E-state index in [1.54, 1.807) is 19.1 Å². The van der Waals surface area contributed by atoms with Crippen molar-refractivity contribution in [2.24, 2.45) is 0 Å². The van der Waals surface area contributed by atoms with Gasteiger partial charge in [0.05, 0.1) is 6.42 Å². The van der Waals surface area contributed by atoms with Gasteiger partial charge in [0.2, 0.25) is 0 Å². The minimum absolute atomic E-state index is 0.0837. The molecule has 0 heterocycles. The Labute approximate surface area is 110 Å². The highest BCUT2D eigenvalue weighted by atomic mass is 35.5. The Kier molecular flexibility index (Phi) is 5.47. The molecule has 102 valence electrons. The molecular formula is C13H17ClF3N. The lowest BCUT2D eigenvalue weighted by Crippen LogP contribution is -2.34. The number of hydrogen-bond donors (Lipinski definition) is 1. The van der Waals surface area contributed by atoms with Crippen molar-refractivity contribution in [1.82, 2.24) is 5.32 Å². The first-order valence-corrected chi connectivity index (χ1v) is 6.28. The van der Waals surface area contributed by atoms with Crippen LogP contribution in [0.25, 0.3) is 0 Å². The lowest BCUT2D eigenvalue weighted by atomic mass is 10.0. The van der Waals surface area contributed by atoms with Crippen LogP contribution in [0.2, 0.25) is 5.02 Å². The third-order valence-electron chi connectivity index (χ3n) is 2.70. The van der Waals surface area contributed by atoms with E-state index in [9.17, 15) is 13.2 Å². The SMILES string of the molecule is CCC(NC(C)CC(F)(F)F)c1ccc(Cl)cc1. The quantitative estimate of drug-likeness (QED) is 0.822. The van der Waals surface area contributed by atoms with E-state index in [0.717, 1.165) is 12.0 Å². The van der Waals surface area contributed by atoms with Crippen molar-refractivity contribution in [3.8, 4) is 0 Å². The van der Waals surface area contributed by atoms with Gasteiger partial charge in [-0.25, -0.2) is 0 Å². The monoisotopic (exact) mass is 279 g/mol. The first kappa shape index (κ1) is 15.3. The minimum Gasteiger partial charge on any atom is -0.307 e. The van der Waals surface area contributed by atoms with Gasteiger partial charge in [-0.2, -0.15) is 13.2 Å². The van der Waals surface area contributed by atoms with Crippen LogP contribution in [0.4, 0.5) is 13.2 Å². The normalized spacial score (nSPS) is 15.4. The number of rotatable bonds is 5. The van der Waals surface area contributed by atoms with Crippen LogP contribution < -0.4 is 5.32 Å². The fourth-order valence-electron chi connectivity index (χ4n) is 1.89. The van der Waals surface area contributed by atoms with Crippen LogP contribution in [0.5, 0.6) is 0 Å². The predicted molar refractivity (Wildman–Crippen MR) is 67.8 cm³/mol. The van der Waals surface area contributed by atoms with Gasteiger partial charge in [0.15, 0.2) is 0 Å². The minimum atomic E-state index is -4.13. The fraction of sp³-hybridized carbons (Fsp3) is 0.538. The predicted octanol–water partition coefficient (Wildman–Crippen LogP) is 4.72. The summed E-state index contributed by atoms with van der Waals surface area (Å²) in [6, 6.07) is 6.48. The summed E-state index contributed by atoms with van der Waals surface area (Å²) in [5.41, 5.74) is 0.955. The molecule has 2 unspecified atom stereocenters. The lowest BCUT2D eigenvalue weighted by molar-refractivity contribution is -0.139. The van der Waals surface area contributed by atoms with Crippen LogP contribution in [0, 0.1) is 0 Å². The Bertz CT molecular complexity index is 361. The van der Waals surface area contributed by atoms with Crippen molar-refractivity contribution < 1.29 is 13.2 Å². The molecule has 0 aromatic heterocycles. The molecule has 0 aliphatic rings. The average Bonchev–Trinajstić information content (AvgIpc) is 2.25. The third kappa shape index (κ3) is 5.27. The average molecular weight is 280 g/mol. The van der Waals surface area contributed by atoms with Crippen molar-refractivity contribution in [3.63, 3.8) is 0 Å². The van der Waals surface area contributed by atoms with E-state index in [0.29, 0.717) is 5.02 Å². The van der Waals surface area contributed by atoms with Gasteiger partial charge in [-0.1, -0.05) is 30.7 Å². The molecule has 2 atom stereocenters. The summed E-state index contributed by atoms with van der Waals surface area (Å²) in [6.07, 6.45) is -4.23. The fourth-order valence-corrected chi connectivity index (χ4v) is 2.02. The summed E-state index contributed by atoms with van der Waals surface area (Å²) in [5, 5.41) is 3.62. The summed E-state index contributed by atoms with van der Waals surface area (Å²) < 4.78 is 36.8. The summed E-state index contributed by atoms with van der Waals surface area (Å²) >= 11 is 5.78. The van der Waals surface area contributed by atoms with Gasteiger partial charge in [-0.3, -0.25) is 0 Å². The Hall–Kier alpha value is -0.740. The van der Waals surface area contributed by atoms with Crippen LogP contribution in [0.1, 0.15) is 38.3 Å². The van der Waals surface area contributed by atoms with Crippen LogP contribution in [-0.4, -0.2) is 12.2 Å². The third-order valence-corrected chi connectivity index (χ3v) is 2.96. The molecular weight excluding hydrogens is 263 g/mol. The maximum absolute atomic E-state index is 12.3. The molecule has 1 aromatic carbocycles. The molecule has 1 aromatic rings. The Morgan fingerprint density at radius 3 is 2.22 bits per heavy atom. The van der Waals surface area contributed by atoms with Crippen molar-refractivity contribution in [2.45, 2.75) is 44.9 Å². The van der Waals surface area contributed by atoms with Crippen molar-refractivity contribution >= 4 is 11.6 Å². The highest BCUT2D eigenvalue weighted by Crippen LogP contribution is 2.24. The highest BCUT2D eigenvalue weighted by Gasteiger charge is 2.30. The number of hydrogen-bond acceptors (Lipinski definition) is 1. The smallest absolute Gasteiger partial charge is 0.307 e. The first-order valence-electron chi connectivity index (χ1n) is 5.90. The Balaban J connectivity index is 2.64. The zero-order valence-electron chi connectivity index (χ0n) is 10.4. The van der Waals surface area contributed by atoms with Crippen LogP contribution >= 0.6 is 11.6 Å². The molecule has 0 amide bonds. The highest BCUT2D eigenvalue weighted by molar-refractivity contribution is 6.30. The van der Waals surface area contributed by atoms with Crippen LogP contribution in [-0.2, 0) is 0 Å². The second-order valence-electron chi connectivity index (χ2n) is 4.40. The zero-order chi connectivity index (χ0) is 13.8. The molecule has 18 heavy (non-hydrogen) atoms. The van der Waals surface area contributed by atoms with E-state index in [1.807, 2.05) is 19.1 Å². The second kappa shape index (κ2) is 6.43. The van der Waals surface area contributed by atoms with Crippen LogP contribution in [0.3, 0.4) is 0 Å². The largest absolute Gasteiger partial charge is 0.390 e. The number of nitrogens with one attached hydrogen (secondary N) is 1. The lowest BCUT2D eigenvalue weighted by Gasteiger charge is -2.23. The summed E-state index contributed by atoms with van der Waals surface area (Å²) in [4.78, 5) is 0. The van der Waals surface area contributed by atoms with E-state index in [4.69, 9.17) is 11.6 Å². The van der Waals surface area contributed by atoms with Gasteiger partial charge in [0.1, 0.15) is 0 Å². The van der Waals surface area contributed by atoms with Gasteiger partial charge < -0.3 is 5.32 Å². The topological polar surface area (TPSA) is 12.0 Å². The molecule has 0 saturated heterocycles. The maximum atomic E-state index is 12.3. The Morgan fingerprint density at radius 1 is 1.22 bits per heavy atom. The van der Waals surface area contributed by atoms with Gasteiger partial charge in [0.25, 0.3) is 0 Å². The molecule has 1 rings (SSSR count). The van der Waals surface area contributed by atoms with Crippen molar-refractivity contribution in [1.29, 1.82) is 0 Å². The summed E-state index contributed by atoms with van der Waals surface area (Å²) in [7, 11) is 0. The van der Waals surface area contributed by atoms with Crippen LogP contribution in [0.15, 0.2) is 24.3 Å². The molecule has 1 nitrogen and oxygen atoms in total. The summed E-state index contributed by atoms with van der Waals surface area (Å²) in [5.74, 6) is 0. The molecule has 0 fully saturated rings. The van der Waals surface area contributed by atoms with Gasteiger partial charge in [-0.05, 0) is 31.0 Å². The van der Waals surface area contributed by atoms with E-state index in [-0.39, 0.29) is 6.04 Å². The summed E-state index contributed by atoms with van der Waals surface area (Å²) in [6.45, 7) is 3.48. The molecule has 0 saturated carbocycles. The zero-order valence-corrected chi connectivity index (χ0v) is 11.1. The number of halogens is 4. The molecule has 0 aliphatic heterocycles. The molecule has 0 spiro atoms. The number of benzene rings is 1. The van der Waals surface area contributed by atoms with Crippen molar-refractivity contribution in [2.75, 3.05) is 0 Å². The number of alkyl halides is 3. The molecule has 0 aliphatic carbocycles. The molecule has 0 radical (unpaired) electrons. The first-order chi connectivity index (χ1) is 8.31. The Morgan fingerprint density at radius 2 is 1.78 bits per heavy atom. The molecule has 5 heteroatoms. The van der Waals surface area contributed by atoms with E-state index in [2.05, 4.69) is 5.32 Å². The standard InChI is InChI=1S/C13H17ClF3N/c1-3-12(10-4-6-11(14)7-5-10)18-9(2)8-13(15,16)17/h4-7,9,12,18H,3,8H2,1-2H3. The molecule has 1 N–H and O–H groups in total. The van der Waals surface area contributed by atoms with Crippen molar-refractivity contribution in [3.05, 3.63) is 34.9 Å². The van der Waals surface area contributed by atoms with Gasteiger partial charge in [-0.15, -0.1) is 0 Å². The second-order valence-corrected chi connectivity index (χ2v) is 4.84.